The quantitative estimate of drug-likeness (QED) is 0.445. The first-order valence-corrected chi connectivity index (χ1v) is 8.92. The van der Waals surface area contributed by atoms with E-state index in [4.69, 9.17) is 4.74 Å². The Bertz CT molecular complexity index is 457. The number of ether oxygens (including phenoxy) is 1. The van der Waals surface area contributed by atoms with Crippen LogP contribution >= 0.6 is 31.9 Å². The summed E-state index contributed by atoms with van der Waals surface area (Å²) < 4.78 is 5.58. The molecule has 0 amide bonds. The van der Waals surface area contributed by atoms with Crippen molar-refractivity contribution < 1.29 is 24.5 Å². The van der Waals surface area contributed by atoms with Crippen LogP contribution in [0.25, 0.3) is 0 Å². The van der Waals surface area contributed by atoms with Gasteiger partial charge in [0.15, 0.2) is 5.78 Å². The average molecular weight is 442 g/mol. The number of carbonyl (C=O) groups is 2. The lowest BCUT2D eigenvalue weighted by atomic mass is 9.90. The third kappa shape index (κ3) is 5.76. The third-order valence-corrected chi connectivity index (χ3v) is 5.69. The molecule has 0 aliphatic carbocycles. The minimum atomic E-state index is -1.44. The largest absolute Gasteiger partial charge is 0.462 e. The van der Waals surface area contributed by atoms with Gasteiger partial charge in [0.05, 0.1) is 4.83 Å². The molecule has 0 aromatic rings. The van der Waals surface area contributed by atoms with E-state index in [0.717, 1.165) is 0 Å². The summed E-state index contributed by atoms with van der Waals surface area (Å²) in [7, 11) is 0. The second kappa shape index (κ2) is 8.04. The Balaban J connectivity index is 2.90. The van der Waals surface area contributed by atoms with Crippen LogP contribution in [0.4, 0.5) is 0 Å². The number of Topliss-reactive ketones (excluding diaryl/α,β-unsaturated/α-hetero) is 1. The van der Waals surface area contributed by atoms with Crippen LogP contribution in [0.3, 0.4) is 0 Å². The fraction of sp³-hybridized carbons (Fsp3) is 0.733. The van der Waals surface area contributed by atoms with Gasteiger partial charge >= 0.3 is 5.97 Å². The molecule has 1 rings (SSSR count). The molecular weight excluding hydrogens is 420 g/mol. The van der Waals surface area contributed by atoms with Crippen molar-refractivity contribution >= 4 is 43.6 Å². The van der Waals surface area contributed by atoms with E-state index in [1.165, 1.54) is 6.92 Å². The second-order valence-corrected chi connectivity index (χ2v) is 7.98. The number of alkyl halides is 1. The smallest absolute Gasteiger partial charge is 0.305 e. The molecule has 1 aliphatic rings. The van der Waals surface area contributed by atoms with Crippen molar-refractivity contribution in [3.05, 3.63) is 10.6 Å². The number of ketones is 1. The summed E-state index contributed by atoms with van der Waals surface area (Å²) in [5.74, 6) is -0.818. The van der Waals surface area contributed by atoms with Gasteiger partial charge in [-0.15, -0.1) is 0 Å². The van der Waals surface area contributed by atoms with E-state index in [1.807, 2.05) is 0 Å². The Morgan fingerprint density at radius 1 is 1.27 bits per heavy atom. The predicted octanol–water partition coefficient (Wildman–Crippen LogP) is 2.61. The number of allylic oxidation sites excluding steroid dienone is 1. The van der Waals surface area contributed by atoms with Gasteiger partial charge in [-0.05, 0) is 39.5 Å². The van der Waals surface area contributed by atoms with Gasteiger partial charge in [0.2, 0.25) is 0 Å². The van der Waals surface area contributed by atoms with Crippen LogP contribution in [-0.2, 0) is 14.3 Å². The molecule has 2 N–H and O–H groups in total. The second-order valence-electron chi connectivity index (χ2n) is 6.02. The lowest BCUT2D eigenvalue weighted by Crippen LogP contribution is -2.40. The number of cyclic esters (lactones) is 1. The highest BCUT2D eigenvalue weighted by Gasteiger charge is 2.35. The molecule has 0 saturated carbocycles. The average Bonchev–Trinajstić information content (AvgIpc) is 2.45. The summed E-state index contributed by atoms with van der Waals surface area (Å²) in [5, 5.41) is 20.5. The van der Waals surface area contributed by atoms with Crippen molar-refractivity contribution in [1.82, 2.24) is 0 Å². The van der Waals surface area contributed by atoms with E-state index in [9.17, 15) is 19.8 Å². The zero-order valence-corrected chi connectivity index (χ0v) is 15.9. The number of aliphatic hydroxyl groups is 2. The number of carbonyl (C=O) groups excluding carboxylic acids is 2. The van der Waals surface area contributed by atoms with Crippen LogP contribution < -0.4 is 0 Å². The van der Waals surface area contributed by atoms with Crippen molar-refractivity contribution in [3.63, 3.8) is 0 Å². The van der Waals surface area contributed by atoms with E-state index < -0.39 is 22.0 Å². The lowest BCUT2D eigenvalue weighted by Gasteiger charge is -2.26. The summed E-state index contributed by atoms with van der Waals surface area (Å²) in [6, 6.07) is 0. The minimum Gasteiger partial charge on any atom is -0.462 e. The molecule has 1 heterocycles. The van der Waals surface area contributed by atoms with Gasteiger partial charge in [0.25, 0.3) is 0 Å². The maximum atomic E-state index is 12.2. The highest BCUT2D eigenvalue weighted by molar-refractivity contribution is 9.11. The fourth-order valence-electron chi connectivity index (χ4n) is 2.09. The molecule has 3 atom stereocenters. The van der Waals surface area contributed by atoms with E-state index in [1.54, 1.807) is 13.0 Å². The highest BCUT2D eigenvalue weighted by atomic mass is 79.9. The molecule has 0 unspecified atom stereocenters. The van der Waals surface area contributed by atoms with Gasteiger partial charge in [-0.2, -0.15) is 0 Å². The fourth-order valence-corrected chi connectivity index (χ4v) is 3.16. The number of halogens is 2. The van der Waals surface area contributed by atoms with Gasteiger partial charge in [0, 0.05) is 10.9 Å². The zero-order chi connectivity index (χ0) is 17.0. The monoisotopic (exact) mass is 440 g/mol. The van der Waals surface area contributed by atoms with E-state index in [2.05, 4.69) is 31.9 Å². The van der Waals surface area contributed by atoms with Gasteiger partial charge in [-0.1, -0.05) is 37.9 Å². The SMILES string of the molecule is C[C@]1(O)CCC/C=C(\Br)[C@](C)(O)COC(=O)CC[C@H](Br)C1=O. The summed E-state index contributed by atoms with van der Waals surface area (Å²) in [5.41, 5.74) is -2.73. The van der Waals surface area contributed by atoms with Gasteiger partial charge in [0.1, 0.15) is 17.8 Å². The van der Waals surface area contributed by atoms with E-state index >= 15 is 0 Å². The Morgan fingerprint density at radius 2 is 1.91 bits per heavy atom. The van der Waals surface area contributed by atoms with Crippen molar-refractivity contribution in [2.24, 2.45) is 0 Å². The first-order valence-electron chi connectivity index (χ1n) is 7.21. The molecule has 0 aromatic carbocycles. The molecule has 0 fully saturated rings. The summed E-state index contributed by atoms with van der Waals surface area (Å²) >= 11 is 6.51. The van der Waals surface area contributed by atoms with Crippen LogP contribution in [0.2, 0.25) is 0 Å². The molecule has 0 spiro atoms. The molecule has 22 heavy (non-hydrogen) atoms. The van der Waals surface area contributed by atoms with E-state index in [0.29, 0.717) is 23.7 Å². The first kappa shape index (κ1) is 19.8. The molecule has 5 nitrogen and oxygen atoms in total. The molecule has 0 saturated heterocycles. The summed E-state index contributed by atoms with van der Waals surface area (Å²) in [4.78, 5) is 23.3. The summed E-state index contributed by atoms with van der Waals surface area (Å²) in [6.45, 7) is 2.89. The molecule has 7 heteroatoms. The van der Waals surface area contributed by atoms with Crippen molar-refractivity contribution in [3.8, 4) is 0 Å². The zero-order valence-electron chi connectivity index (χ0n) is 12.8. The molecule has 0 bridgehead atoms. The van der Waals surface area contributed by atoms with Crippen LogP contribution in [0.5, 0.6) is 0 Å². The Morgan fingerprint density at radius 3 is 2.55 bits per heavy atom. The molecule has 1 aliphatic heterocycles. The highest BCUT2D eigenvalue weighted by Crippen LogP contribution is 2.27. The van der Waals surface area contributed by atoms with Crippen LogP contribution in [0.15, 0.2) is 10.6 Å². The van der Waals surface area contributed by atoms with Gasteiger partial charge in [-0.3, -0.25) is 9.59 Å². The molecule has 0 aromatic heterocycles. The molecular formula is C15H22Br2O5. The van der Waals surface area contributed by atoms with E-state index in [-0.39, 0.29) is 25.2 Å². The summed E-state index contributed by atoms with van der Waals surface area (Å²) in [6.07, 6.45) is 3.55. The standard InChI is InChI=1S/C15H22Br2O5/c1-14(20)8-4-3-5-11(17)15(2,21)9-22-12(18)7-6-10(16)13(14)19/h5,10,20-21H,3-4,6-9H2,1-2H3/b11-5-/t10-,14-,15+/m0/s1. The Hall–Kier alpha value is -0.240. The maximum absolute atomic E-state index is 12.2. The number of hydrogen-bond acceptors (Lipinski definition) is 5. The topological polar surface area (TPSA) is 83.8 Å². The van der Waals surface area contributed by atoms with Crippen molar-refractivity contribution in [2.75, 3.05) is 6.61 Å². The van der Waals surface area contributed by atoms with Crippen LogP contribution in [-0.4, -0.2) is 44.6 Å². The van der Waals surface area contributed by atoms with Crippen molar-refractivity contribution in [1.29, 1.82) is 0 Å². The van der Waals surface area contributed by atoms with Gasteiger partial charge < -0.3 is 14.9 Å². The van der Waals surface area contributed by atoms with Crippen molar-refractivity contribution in [2.45, 2.75) is 62.0 Å². The normalized spacial score (nSPS) is 38.6. The van der Waals surface area contributed by atoms with Crippen LogP contribution in [0.1, 0.15) is 46.0 Å². The maximum Gasteiger partial charge on any atom is 0.305 e. The molecule has 126 valence electrons. The predicted molar refractivity (Wildman–Crippen MR) is 90.0 cm³/mol. The number of esters is 1. The van der Waals surface area contributed by atoms with Gasteiger partial charge in [-0.25, -0.2) is 0 Å². The first-order chi connectivity index (χ1) is 10.1. The lowest BCUT2D eigenvalue weighted by molar-refractivity contribution is -0.149. The number of rotatable bonds is 0. The Labute approximate surface area is 147 Å². The minimum absolute atomic E-state index is 0.0369. The van der Waals surface area contributed by atoms with Crippen LogP contribution in [0, 0.1) is 0 Å². The third-order valence-electron chi connectivity index (χ3n) is 3.64. The molecule has 0 radical (unpaired) electrons. The Kier molecular flexibility index (Phi) is 7.23. The number of hydrogen-bond donors (Lipinski definition) is 2.